The molecule has 632 valence electrons. The summed E-state index contributed by atoms with van der Waals surface area (Å²) in [6.07, 6.45) is 109. The number of aliphatic hydroxyl groups excluding tert-OH is 2. The predicted molar refractivity (Wildman–Crippen MR) is 463 cm³/mol. The lowest BCUT2D eigenvalue weighted by Gasteiger charge is -2.21. The first-order valence-electron chi connectivity index (χ1n) is 43.1. The number of carbonyl (C=O) groups excluding carboxylic acids is 3. The Morgan fingerprint density at radius 3 is 0.712 bits per heavy atom. The van der Waals surface area contributed by atoms with Gasteiger partial charge in [-0.3, -0.25) is 32.5 Å². The van der Waals surface area contributed by atoms with Crippen molar-refractivity contribution in [1.29, 1.82) is 0 Å². The molecule has 16 nitrogen and oxygen atoms in total. The van der Waals surface area contributed by atoms with Gasteiger partial charge in [0.1, 0.15) is 25.4 Å². The number of carbonyl (C=O) groups is 3. The molecule has 4 N–H and O–H groups in total. The molecular formula is C93H154O16P2. The number of hydrogen-bond donors (Lipinski definition) is 4. The lowest BCUT2D eigenvalue weighted by Crippen LogP contribution is -2.30. The molecule has 0 saturated carbocycles. The first-order valence-corrected chi connectivity index (χ1v) is 46.1. The van der Waals surface area contributed by atoms with E-state index in [1.807, 2.05) is 0 Å². The molecule has 0 aromatic carbocycles. The average molecular weight is 1590 g/mol. The molecule has 0 spiro atoms. The quantitative estimate of drug-likeness (QED) is 0.0146. The Hall–Kier alpha value is -5.35. The highest BCUT2D eigenvalue weighted by molar-refractivity contribution is 7.47. The first-order chi connectivity index (χ1) is 54.2. The Morgan fingerprint density at radius 2 is 0.450 bits per heavy atom. The van der Waals surface area contributed by atoms with Crippen LogP contribution in [-0.4, -0.2) is 95.9 Å². The molecule has 0 heterocycles. The lowest BCUT2D eigenvalue weighted by molar-refractivity contribution is -0.161. The zero-order valence-corrected chi connectivity index (χ0v) is 71.1. The van der Waals surface area contributed by atoms with Crippen molar-refractivity contribution in [2.75, 3.05) is 39.6 Å². The smallest absolute Gasteiger partial charge is 0.463 e. The molecule has 0 rings (SSSR count). The molecule has 0 aromatic rings. The summed E-state index contributed by atoms with van der Waals surface area (Å²) in [7, 11) is -9.82. The van der Waals surface area contributed by atoms with Crippen LogP contribution in [-0.2, 0) is 55.8 Å². The van der Waals surface area contributed by atoms with Crippen LogP contribution >= 0.6 is 15.6 Å². The Bertz CT molecular complexity index is 2750. The number of hydrogen-bond acceptors (Lipinski definition) is 14. The first kappa shape index (κ1) is 106. The van der Waals surface area contributed by atoms with Crippen LogP contribution in [0.5, 0.6) is 0 Å². The second-order valence-corrected chi connectivity index (χ2v) is 31.1. The van der Waals surface area contributed by atoms with E-state index in [-0.39, 0.29) is 19.3 Å². The van der Waals surface area contributed by atoms with Gasteiger partial charge in [0.15, 0.2) is 6.10 Å². The summed E-state index contributed by atoms with van der Waals surface area (Å²) in [6, 6.07) is 0. The standard InChI is InChI=1S/C93H154O16P2/c1-4-7-10-13-16-19-22-25-28-31-33-35-37-39-41-42-43-44-46-48-49-51-53-56-58-61-64-67-70-73-76-79-91(96)103-82-88(94)83-105-110(99,100)106-84-89(95)85-107-111(101,102)108-87-90(109-93(98)81-78-75-72-69-66-63-60-55-30-27-24-21-18-15-12-9-6-3)86-104-92(97)80-77-74-71-68-65-62-59-57-54-52-50-47-45-40-38-36-34-32-29-26-23-20-17-14-11-8-5-2/h7-12,16-21,25-30,33-36,39-41,45,50,52,60,63,88-90,94-95H,4-6,13-15,22-24,31-32,37-38,42-44,46-49,51,53-59,61-62,64-87H2,1-3H3,(H,99,100)(H,101,102)/b10-7-,11-8-,12-9-,19-16-,20-17-,21-18-,28-25-,29-26-,30-27-,35-33-,36-34-,41-39-,45-40-,52-50-,63-60-. The van der Waals surface area contributed by atoms with Crippen LogP contribution in [0.1, 0.15) is 329 Å². The fourth-order valence-electron chi connectivity index (χ4n) is 11.2. The van der Waals surface area contributed by atoms with E-state index >= 15 is 0 Å². The second-order valence-electron chi connectivity index (χ2n) is 28.2. The molecule has 0 saturated heterocycles. The van der Waals surface area contributed by atoms with Gasteiger partial charge in [-0.1, -0.05) is 338 Å². The number of unbranched alkanes of at least 4 members (excludes halogenated alkanes) is 27. The Balaban J connectivity index is 4.57. The minimum Gasteiger partial charge on any atom is -0.463 e. The minimum atomic E-state index is -4.95. The number of phosphoric ester groups is 2. The Morgan fingerprint density at radius 1 is 0.252 bits per heavy atom. The highest BCUT2D eigenvalue weighted by Gasteiger charge is 2.29. The maximum absolute atomic E-state index is 13.0. The highest BCUT2D eigenvalue weighted by atomic mass is 31.2. The SMILES string of the molecule is CC/C=C\C/C=C\C/C=C\C/C=C\C/C=C\C/C=C\CCCCCCCCCCC(=O)OCC(COP(=O)(O)OCC(O)COP(=O)(O)OCC(O)COC(=O)CCCCCCCCCCCCCCCCC/C=C\C/C=C\C/C=C\C/C=C\C/C=C\CC)OC(=O)CCCCCC/C=C\C/C=C\C/C=C\C/C=C\CC. The van der Waals surface area contributed by atoms with Crippen LogP contribution in [0.2, 0.25) is 0 Å². The molecule has 111 heavy (non-hydrogen) atoms. The van der Waals surface area contributed by atoms with E-state index in [2.05, 4.69) is 203 Å². The number of rotatable bonds is 80. The molecule has 5 atom stereocenters. The van der Waals surface area contributed by atoms with Crippen LogP contribution in [0.15, 0.2) is 182 Å². The third-order valence-corrected chi connectivity index (χ3v) is 19.5. The van der Waals surface area contributed by atoms with Gasteiger partial charge in [0.2, 0.25) is 0 Å². The van der Waals surface area contributed by atoms with Gasteiger partial charge in [-0.25, -0.2) is 9.13 Å². The van der Waals surface area contributed by atoms with Crippen molar-refractivity contribution in [3.63, 3.8) is 0 Å². The molecule has 0 aliphatic heterocycles. The van der Waals surface area contributed by atoms with Crippen molar-refractivity contribution in [3.05, 3.63) is 182 Å². The monoisotopic (exact) mass is 1590 g/mol. The maximum atomic E-state index is 13.0. The normalized spacial score (nSPS) is 14.8. The summed E-state index contributed by atoms with van der Waals surface area (Å²) in [5, 5.41) is 20.7. The van der Waals surface area contributed by atoms with Crippen LogP contribution in [0.4, 0.5) is 0 Å². The van der Waals surface area contributed by atoms with Gasteiger partial charge >= 0.3 is 33.6 Å². The minimum absolute atomic E-state index is 0.0687. The van der Waals surface area contributed by atoms with Gasteiger partial charge in [-0.2, -0.15) is 0 Å². The van der Waals surface area contributed by atoms with Crippen molar-refractivity contribution in [3.8, 4) is 0 Å². The Labute approximate surface area is 675 Å². The molecule has 18 heteroatoms. The van der Waals surface area contributed by atoms with E-state index in [4.69, 9.17) is 32.3 Å². The average Bonchev–Trinajstić information content (AvgIpc) is 0.906. The molecule has 0 fully saturated rings. The molecule has 5 unspecified atom stereocenters. The number of aliphatic hydroxyl groups is 2. The third-order valence-electron chi connectivity index (χ3n) is 17.6. The molecular weight excluding hydrogens is 1430 g/mol. The van der Waals surface area contributed by atoms with E-state index in [0.717, 1.165) is 186 Å². The third kappa shape index (κ3) is 85.4. The fraction of sp³-hybridized carbons (Fsp3) is 0.645. The highest BCUT2D eigenvalue weighted by Crippen LogP contribution is 2.45. The summed E-state index contributed by atoms with van der Waals surface area (Å²) < 4.78 is 61.3. The van der Waals surface area contributed by atoms with Crippen LogP contribution in [0, 0.1) is 0 Å². The summed E-state index contributed by atoms with van der Waals surface area (Å²) in [5.74, 6) is -1.62. The van der Waals surface area contributed by atoms with Gasteiger partial charge < -0.3 is 34.2 Å². The van der Waals surface area contributed by atoms with Crippen molar-refractivity contribution in [1.82, 2.24) is 0 Å². The topological polar surface area (TPSA) is 231 Å². The van der Waals surface area contributed by atoms with E-state index in [1.54, 1.807) is 0 Å². The maximum Gasteiger partial charge on any atom is 0.472 e. The molecule has 0 aromatic heterocycles. The zero-order chi connectivity index (χ0) is 80.8. The number of allylic oxidation sites excluding steroid dienone is 30. The van der Waals surface area contributed by atoms with Gasteiger partial charge in [-0.05, 0) is 154 Å². The molecule has 0 amide bonds. The number of esters is 3. The summed E-state index contributed by atoms with van der Waals surface area (Å²) in [5.41, 5.74) is 0. The van der Waals surface area contributed by atoms with Crippen LogP contribution < -0.4 is 0 Å². The summed E-state index contributed by atoms with van der Waals surface area (Å²) in [4.78, 5) is 58.8. The van der Waals surface area contributed by atoms with Gasteiger partial charge in [0.25, 0.3) is 0 Å². The van der Waals surface area contributed by atoms with Crippen molar-refractivity contribution >= 4 is 33.6 Å². The van der Waals surface area contributed by atoms with Gasteiger partial charge in [0, 0.05) is 19.3 Å². The van der Waals surface area contributed by atoms with Crippen molar-refractivity contribution < 1.29 is 75.8 Å². The summed E-state index contributed by atoms with van der Waals surface area (Å²) >= 11 is 0. The number of ether oxygens (including phenoxy) is 3. The van der Waals surface area contributed by atoms with E-state index in [1.165, 1.54) is 83.5 Å². The van der Waals surface area contributed by atoms with Crippen molar-refractivity contribution in [2.24, 2.45) is 0 Å². The van der Waals surface area contributed by atoms with E-state index < -0.39 is 91.5 Å². The zero-order valence-electron chi connectivity index (χ0n) is 69.3. The number of phosphoric acid groups is 2. The molecule has 0 bridgehead atoms. The molecule has 0 aliphatic rings. The largest absolute Gasteiger partial charge is 0.472 e. The predicted octanol–water partition coefficient (Wildman–Crippen LogP) is 26.1. The Kier molecular flexibility index (Phi) is 80.0. The van der Waals surface area contributed by atoms with E-state index in [9.17, 15) is 43.5 Å². The molecule has 0 aliphatic carbocycles. The van der Waals surface area contributed by atoms with Crippen LogP contribution in [0.25, 0.3) is 0 Å². The van der Waals surface area contributed by atoms with Gasteiger partial charge in [-0.15, -0.1) is 0 Å². The van der Waals surface area contributed by atoms with E-state index in [0.29, 0.717) is 19.3 Å². The second kappa shape index (κ2) is 84.1. The van der Waals surface area contributed by atoms with Crippen LogP contribution in [0.3, 0.4) is 0 Å². The summed E-state index contributed by atoms with van der Waals surface area (Å²) in [6.45, 7) is 2.31. The van der Waals surface area contributed by atoms with Gasteiger partial charge in [0.05, 0.1) is 26.4 Å². The molecule has 0 radical (unpaired) electrons. The lowest BCUT2D eigenvalue weighted by atomic mass is 10.0. The van der Waals surface area contributed by atoms with Crippen molar-refractivity contribution in [2.45, 2.75) is 347 Å². The fourth-order valence-corrected chi connectivity index (χ4v) is 12.8.